The summed E-state index contributed by atoms with van der Waals surface area (Å²) in [6.07, 6.45) is 95.2. The molecule has 6 N–H and O–H groups in total. The van der Waals surface area contributed by atoms with Crippen molar-refractivity contribution >= 4 is 5.91 Å². The van der Waals surface area contributed by atoms with E-state index in [0.717, 1.165) is 116 Å². The molecule has 1 aliphatic rings. The number of aliphatic hydroxyl groups excluding tert-OH is 5. The fourth-order valence-electron chi connectivity index (χ4n) is 10.6. The van der Waals surface area contributed by atoms with Crippen LogP contribution in [0.4, 0.5) is 0 Å². The third kappa shape index (κ3) is 53.9. The third-order valence-electron chi connectivity index (χ3n) is 16.1. The Morgan fingerprint density at radius 2 is 0.716 bits per heavy atom. The van der Waals surface area contributed by atoms with Crippen molar-refractivity contribution in [3.63, 3.8) is 0 Å². The van der Waals surface area contributed by atoms with Crippen LogP contribution in [0.1, 0.15) is 290 Å². The van der Waals surface area contributed by atoms with Gasteiger partial charge in [0.25, 0.3) is 0 Å². The summed E-state index contributed by atoms with van der Waals surface area (Å²) in [4.78, 5) is 13.1. The van der Waals surface area contributed by atoms with Gasteiger partial charge in [-0.15, -0.1) is 0 Å². The Kier molecular flexibility index (Phi) is 61.6. The number of rotatable bonds is 61. The molecule has 0 bridgehead atoms. The van der Waals surface area contributed by atoms with E-state index in [4.69, 9.17) is 9.47 Å². The molecule has 0 aliphatic carbocycles. The molecule has 1 rings (SSSR count). The van der Waals surface area contributed by atoms with Crippen LogP contribution in [0, 0.1) is 0 Å². The average Bonchev–Trinajstić information content (AvgIpc) is 3.65. The molecule has 502 valence electrons. The number of aliphatic hydroxyl groups is 5. The molecule has 1 amide bonds. The molecule has 9 nitrogen and oxygen atoms in total. The summed E-state index contributed by atoms with van der Waals surface area (Å²) in [6.45, 7) is 3.66. The molecule has 1 saturated heterocycles. The number of carbonyl (C=O) groups is 1. The lowest BCUT2D eigenvalue weighted by Crippen LogP contribution is -2.60. The monoisotopic (exact) mass is 1220 g/mol. The molecule has 9 heteroatoms. The molecule has 0 aromatic heterocycles. The lowest BCUT2D eigenvalue weighted by atomic mass is 9.99. The number of hydrogen-bond donors (Lipinski definition) is 6. The van der Waals surface area contributed by atoms with Gasteiger partial charge in [0.05, 0.1) is 25.4 Å². The summed E-state index contributed by atoms with van der Waals surface area (Å²) in [7, 11) is 0. The van der Waals surface area contributed by atoms with Crippen LogP contribution < -0.4 is 5.32 Å². The van der Waals surface area contributed by atoms with Gasteiger partial charge in [-0.1, -0.05) is 320 Å². The number of carbonyl (C=O) groups excluding carboxylic acids is 1. The summed E-state index contributed by atoms with van der Waals surface area (Å²) in [5, 5.41) is 54.8. The molecule has 0 aromatic carbocycles. The molecule has 1 fully saturated rings. The maximum absolute atomic E-state index is 13.1. The Labute approximate surface area is 540 Å². The lowest BCUT2D eigenvalue weighted by Gasteiger charge is -2.40. The van der Waals surface area contributed by atoms with Crippen molar-refractivity contribution in [2.45, 2.75) is 333 Å². The van der Waals surface area contributed by atoms with Crippen molar-refractivity contribution in [3.05, 3.63) is 146 Å². The van der Waals surface area contributed by atoms with Crippen molar-refractivity contribution < 1.29 is 39.8 Å². The second-order valence-electron chi connectivity index (χ2n) is 24.3. The fourth-order valence-corrected chi connectivity index (χ4v) is 10.6. The van der Waals surface area contributed by atoms with E-state index in [1.807, 2.05) is 6.08 Å². The summed E-state index contributed by atoms with van der Waals surface area (Å²) < 4.78 is 11.3. The van der Waals surface area contributed by atoms with Crippen LogP contribution >= 0.6 is 0 Å². The summed E-state index contributed by atoms with van der Waals surface area (Å²) in [5.74, 6) is -0.199. The highest BCUT2D eigenvalue weighted by atomic mass is 16.7. The fraction of sp³-hybridized carbons (Fsp3) is 0.684. The van der Waals surface area contributed by atoms with Gasteiger partial charge in [-0.3, -0.25) is 4.79 Å². The number of ether oxygens (including phenoxy) is 2. The number of allylic oxidation sites excluding steroid dienone is 23. The Morgan fingerprint density at radius 1 is 0.398 bits per heavy atom. The topological polar surface area (TPSA) is 149 Å². The maximum atomic E-state index is 13.1. The Bertz CT molecular complexity index is 1900. The molecule has 1 heterocycles. The number of nitrogens with one attached hydrogen (secondary N) is 1. The quantitative estimate of drug-likeness (QED) is 0.0261. The SMILES string of the molecule is CC/C=C\C/C=C\C/C=C\C/C=C\C/C=C\C/C=C\C/C=C\C/C=C\C/C=C\C/C=C\CCCCCCCCCCC(=O)NC(COC1OC(CO)C(O)C(O)C1O)C(O)/C=C/CC/C=C/CCCCCCCCCCCCCCCCCCCCCC. The van der Waals surface area contributed by atoms with Crippen molar-refractivity contribution in [3.8, 4) is 0 Å². The van der Waals surface area contributed by atoms with Gasteiger partial charge >= 0.3 is 0 Å². The maximum Gasteiger partial charge on any atom is 0.220 e. The molecule has 7 atom stereocenters. The van der Waals surface area contributed by atoms with Gasteiger partial charge in [-0.2, -0.15) is 0 Å². The van der Waals surface area contributed by atoms with Gasteiger partial charge in [0.1, 0.15) is 24.4 Å². The highest BCUT2D eigenvalue weighted by Gasteiger charge is 2.44. The van der Waals surface area contributed by atoms with Crippen LogP contribution in [-0.4, -0.2) is 87.5 Å². The van der Waals surface area contributed by atoms with E-state index in [2.05, 4.69) is 153 Å². The van der Waals surface area contributed by atoms with Crippen molar-refractivity contribution in [2.75, 3.05) is 13.2 Å². The van der Waals surface area contributed by atoms with E-state index in [9.17, 15) is 30.3 Å². The first-order valence-electron chi connectivity index (χ1n) is 36.1. The zero-order valence-corrected chi connectivity index (χ0v) is 56.2. The van der Waals surface area contributed by atoms with Crippen LogP contribution in [0.25, 0.3) is 0 Å². The van der Waals surface area contributed by atoms with Crippen molar-refractivity contribution in [2.24, 2.45) is 0 Å². The molecule has 0 spiro atoms. The molecule has 1 aliphatic heterocycles. The summed E-state index contributed by atoms with van der Waals surface area (Å²) in [6, 6.07) is -0.839. The largest absolute Gasteiger partial charge is 0.394 e. The number of unbranched alkanes of at least 4 members (excludes halogenated alkanes) is 29. The molecule has 0 saturated carbocycles. The van der Waals surface area contributed by atoms with E-state index < -0.39 is 49.5 Å². The van der Waals surface area contributed by atoms with Crippen LogP contribution in [0.3, 0.4) is 0 Å². The summed E-state index contributed by atoms with van der Waals surface area (Å²) >= 11 is 0. The Hall–Kier alpha value is -3.93. The van der Waals surface area contributed by atoms with Gasteiger partial charge in [-0.25, -0.2) is 0 Å². The first-order valence-corrected chi connectivity index (χ1v) is 36.1. The molecule has 7 unspecified atom stereocenters. The Morgan fingerprint density at radius 3 is 1.09 bits per heavy atom. The summed E-state index contributed by atoms with van der Waals surface area (Å²) in [5.41, 5.74) is 0. The predicted octanol–water partition coefficient (Wildman–Crippen LogP) is 20.1. The first kappa shape index (κ1) is 82.1. The Balaban J connectivity index is 2.18. The average molecular weight is 1220 g/mol. The van der Waals surface area contributed by atoms with Crippen LogP contribution in [0.15, 0.2) is 146 Å². The van der Waals surface area contributed by atoms with Gasteiger partial charge < -0.3 is 40.3 Å². The van der Waals surface area contributed by atoms with Gasteiger partial charge in [0.2, 0.25) is 5.91 Å². The molecule has 0 radical (unpaired) electrons. The van der Waals surface area contributed by atoms with E-state index in [1.165, 1.54) is 154 Å². The minimum atomic E-state index is -1.58. The van der Waals surface area contributed by atoms with Gasteiger partial charge in [0.15, 0.2) is 6.29 Å². The van der Waals surface area contributed by atoms with Gasteiger partial charge in [0, 0.05) is 6.42 Å². The predicted molar refractivity (Wildman–Crippen MR) is 377 cm³/mol. The number of amides is 1. The molecular weight excluding hydrogens is 1090 g/mol. The first-order chi connectivity index (χ1) is 43.3. The minimum absolute atomic E-state index is 0.199. The highest BCUT2D eigenvalue weighted by Crippen LogP contribution is 2.23. The van der Waals surface area contributed by atoms with Crippen molar-refractivity contribution in [1.82, 2.24) is 5.32 Å². The van der Waals surface area contributed by atoms with E-state index in [0.29, 0.717) is 6.42 Å². The highest BCUT2D eigenvalue weighted by molar-refractivity contribution is 5.76. The van der Waals surface area contributed by atoms with Crippen LogP contribution in [0.2, 0.25) is 0 Å². The minimum Gasteiger partial charge on any atom is -0.394 e. The van der Waals surface area contributed by atoms with Crippen LogP contribution in [-0.2, 0) is 14.3 Å². The second kappa shape index (κ2) is 66.0. The lowest BCUT2D eigenvalue weighted by molar-refractivity contribution is -0.302. The molecule has 0 aromatic rings. The van der Waals surface area contributed by atoms with Gasteiger partial charge in [-0.05, 0) is 109 Å². The zero-order valence-electron chi connectivity index (χ0n) is 56.2. The van der Waals surface area contributed by atoms with Crippen molar-refractivity contribution in [1.29, 1.82) is 0 Å². The second-order valence-corrected chi connectivity index (χ2v) is 24.3. The number of hydrogen-bond acceptors (Lipinski definition) is 8. The smallest absolute Gasteiger partial charge is 0.220 e. The van der Waals surface area contributed by atoms with E-state index >= 15 is 0 Å². The standard InChI is InChI=1S/C79H133NO8/c1-3-5-7-9-11-13-15-17-19-21-23-25-27-29-31-32-33-34-35-36-37-38-39-40-41-42-43-45-47-49-51-53-55-57-59-61-63-65-67-69-75(83)80-72(71-87-79-78(86)77(85)76(84)74(70-81)88-79)73(82)68-66-64-62-60-58-56-54-52-50-48-46-44-30-28-26-24-22-20-18-16-14-12-10-8-6-4-2/h5,7,11,13,17,19,23,25,29,31,33-34,36-37,39-40,42-43,47,49,58,60,66,68,72-74,76-79,81-82,84-86H,3-4,6,8-10,12,14-16,18,20-22,24,26-28,30,32,35,38,41,44-46,48,50-57,59,61-65,67,69-71H2,1-2H3,(H,80,83)/b7-5-,13-11-,19-17-,25-23-,31-29-,34-33-,37-36-,40-39-,43-42-,49-47-,60-58+,68-66+. The zero-order chi connectivity index (χ0) is 63.5. The third-order valence-corrected chi connectivity index (χ3v) is 16.1. The van der Waals surface area contributed by atoms with Crippen LogP contribution in [0.5, 0.6) is 0 Å². The normalized spacial score (nSPS) is 18.8. The molecule has 88 heavy (non-hydrogen) atoms. The van der Waals surface area contributed by atoms with E-state index in [-0.39, 0.29) is 12.5 Å². The molecular formula is C79H133NO8. The van der Waals surface area contributed by atoms with E-state index in [1.54, 1.807) is 6.08 Å².